The number of hydroxylamine groups is 2. The Kier molecular flexibility index (Phi) is 4.88. The third-order valence-corrected chi connectivity index (χ3v) is 3.56. The van der Waals surface area contributed by atoms with Gasteiger partial charge in [-0.2, -0.15) is 0 Å². The molecule has 116 valence electrons. The van der Waals surface area contributed by atoms with Crippen LogP contribution in [0.1, 0.15) is 57.2 Å². The first-order valence-corrected chi connectivity index (χ1v) is 7.68. The first-order valence-electron chi connectivity index (χ1n) is 7.68. The van der Waals surface area contributed by atoms with Gasteiger partial charge >= 0.3 is 6.09 Å². The van der Waals surface area contributed by atoms with Crippen molar-refractivity contribution in [3.63, 3.8) is 0 Å². The van der Waals surface area contributed by atoms with E-state index in [-0.39, 0.29) is 17.7 Å². The number of hydrogen-bond acceptors (Lipinski definition) is 3. The van der Waals surface area contributed by atoms with Crippen LogP contribution < -0.4 is 5.32 Å². The van der Waals surface area contributed by atoms with E-state index in [0.29, 0.717) is 0 Å². The van der Waals surface area contributed by atoms with Gasteiger partial charge in [-0.15, -0.1) is 5.06 Å². The van der Waals surface area contributed by atoms with E-state index in [4.69, 9.17) is 4.84 Å². The maximum atomic E-state index is 12.0. The van der Waals surface area contributed by atoms with Crippen molar-refractivity contribution >= 4 is 6.09 Å². The fourth-order valence-electron chi connectivity index (χ4n) is 2.66. The van der Waals surface area contributed by atoms with Crippen LogP contribution in [0.5, 0.6) is 0 Å². The van der Waals surface area contributed by atoms with E-state index in [0.717, 1.165) is 19.4 Å². The van der Waals surface area contributed by atoms with E-state index < -0.39 is 0 Å². The average molecular weight is 290 g/mol. The molecule has 1 fully saturated rings. The highest BCUT2D eigenvalue weighted by molar-refractivity contribution is 5.67. The van der Waals surface area contributed by atoms with Gasteiger partial charge in [0, 0.05) is 12.1 Å². The van der Waals surface area contributed by atoms with Crippen molar-refractivity contribution in [2.75, 3.05) is 6.54 Å². The molecule has 1 saturated heterocycles. The fraction of sp³-hybridized carbons (Fsp3) is 0.588. The number of hydrogen-bond donors (Lipinski definition) is 1. The molecule has 2 rings (SSSR count). The van der Waals surface area contributed by atoms with E-state index in [1.807, 2.05) is 25.8 Å². The largest absolute Gasteiger partial charge is 0.426 e. The number of amides is 1. The summed E-state index contributed by atoms with van der Waals surface area (Å²) in [4.78, 5) is 17.6. The smallest absolute Gasteiger partial charge is 0.350 e. The molecule has 1 aliphatic heterocycles. The number of carbonyl (C=O) groups excluding carboxylic acids is 1. The second-order valence-corrected chi connectivity index (χ2v) is 6.82. The number of nitrogens with zero attached hydrogens (tertiary/aromatic N) is 1. The lowest BCUT2D eigenvalue weighted by atomic mass is 9.96. The molecule has 0 aromatic heterocycles. The van der Waals surface area contributed by atoms with Crippen LogP contribution >= 0.6 is 0 Å². The standard InChI is InChI=1S/C17H26N2O2/c1-13-8-7-9-14(12-13)15-10-5-6-11-19(15)21-16(20)18-17(2,3)4/h7-9,12,15H,5-6,10-11H2,1-4H3,(H,18,20). The number of rotatable bonds is 2. The molecule has 0 saturated carbocycles. The van der Waals surface area contributed by atoms with Gasteiger partial charge in [0.15, 0.2) is 0 Å². The van der Waals surface area contributed by atoms with Crippen molar-refractivity contribution in [1.82, 2.24) is 10.4 Å². The minimum atomic E-state index is -0.373. The molecule has 1 N–H and O–H groups in total. The van der Waals surface area contributed by atoms with Gasteiger partial charge in [-0.3, -0.25) is 0 Å². The molecule has 1 aromatic rings. The van der Waals surface area contributed by atoms with Crippen molar-refractivity contribution in [2.45, 2.75) is 58.5 Å². The summed E-state index contributed by atoms with van der Waals surface area (Å²) in [5.74, 6) is 0. The van der Waals surface area contributed by atoms with Crippen molar-refractivity contribution in [2.24, 2.45) is 0 Å². The zero-order valence-electron chi connectivity index (χ0n) is 13.5. The Morgan fingerprint density at radius 2 is 2.10 bits per heavy atom. The van der Waals surface area contributed by atoms with Crippen molar-refractivity contribution < 1.29 is 9.63 Å². The molecule has 1 unspecified atom stereocenters. The summed E-state index contributed by atoms with van der Waals surface area (Å²) in [7, 11) is 0. The highest BCUT2D eigenvalue weighted by atomic mass is 16.7. The van der Waals surface area contributed by atoms with Gasteiger partial charge < -0.3 is 10.2 Å². The Morgan fingerprint density at radius 3 is 2.76 bits per heavy atom. The van der Waals surface area contributed by atoms with Crippen molar-refractivity contribution in [3.05, 3.63) is 35.4 Å². The monoisotopic (exact) mass is 290 g/mol. The Bertz CT molecular complexity index is 494. The van der Waals surface area contributed by atoms with E-state index >= 15 is 0 Å². The van der Waals surface area contributed by atoms with Crippen LogP contribution in [-0.2, 0) is 4.84 Å². The zero-order chi connectivity index (χ0) is 15.5. The fourth-order valence-corrected chi connectivity index (χ4v) is 2.66. The number of piperidine rings is 1. The minimum Gasteiger partial charge on any atom is -0.350 e. The number of carbonyl (C=O) groups is 1. The van der Waals surface area contributed by atoms with Crippen LogP contribution in [0.4, 0.5) is 4.79 Å². The van der Waals surface area contributed by atoms with Crippen molar-refractivity contribution in [3.8, 4) is 0 Å². The molecular formula is C17H26N2O2. The predicted molar refractivity (Wildman–Crippen MR) is 83.8 cm³/mol. The van der Waals surface area contributed by atoms with Gasteiger partial charge in [0.25, 0.3) is 0 Å². The maximum Gasteiger partial charge on any atom is 0.426 e. The number of nitrogens with one attached hydrogen (secondary N) is 1. The molecule has 1 heterocycles. The summed E-state index contributed by atoms with van der Waals surface area (Å²) in [6.07, 6.45) is 2.87. The van der Waals surface area contributed by atoms with Crippen LogP contribution in [0.3, 0.4) is 0 Å². The molecule has 1 aliphatic rings. The third kappa shape index (κ3) is 4.74. The van der Waals surface area contributed by atoms with Crippen LogP contribution in [0.2, 0.25) is 0 Å². The lowest BCUT2D eigenvalue weighted by Gasteiger charge is -2.35. The van der Waals surface area contributed by atoms with Gasteiger partial charge in [-0.25, -0.2) is 4.79 Å². The maximum absolute atomic E-state index is 12.0. The molecule has 1 atom stereocenters. The summed E-state index contributed by atoms with van der Waals surface area (Å²) < 4.78 is 0. The third-order valence-electron chi connectivity index (χ3n) is 3.56. The summed E-state index contributed by atoms with van der Waals surface area (Å²) in [6.45, 7) is 8.72. The first kappa shape index (κ1) is 15.8. The number of aryl methyl sites for hydroxylation is 1. The van der Waals surface area contributed by atoms with Gasteiger partial charge in [-0.05, 0) is 46.1 Å². The lowest BCUT2D eigenvalue weighted by Crippen LogP contribution is -2.45. The summed E-state index contributed by atoms with van der Waals surface area (Å²) in [6, 6.07) is 8.59. The van der Waals surface area contributed by atoms with E-state index in [2.05, 4.69) is 36.5 Å². The summed E-state index contributed by atoms with van der Waals surface area (Å²) >= 11 is 0. The second-order valence-electron chi connectivity index (χ2n) is 6.82. The summed E-state index contributed by atoms with van der Waals surface area (Å²) in [5, 5.41) is 4.68. The quantitative estimate of drug-likeness (QED) is 0.896. The Hall–Kier alpha value is -1.55. The van der Waals surface area contributed by atoms with Gasteiger partial charge in [0.2, 0.25) is 0 Å². The van der Waals surface area contributed by atoms with Gasteiger partial charge in [0.1, 0.15) is 0 Å². The minimum absolute atomic E-state index is 0.157. The van der Waals surface area contributed by atoms with Crippen LogP contribution in [-0.4, -0.2) is 23.2 Å². The van der Waals surface area contributed by atoms with Crippen LogP contribution in [0, 0.1) is 6.92 Å². The van der Waals surface area contributed by atoms with Crippen molar-refractivity contribution in [1.29, 1.82) is 0 Å². The normalized spacial score (nSPS) is 20.1. The molecule has 0 spiro atoms. The Labute approximate surface area is 127 Å². The SMILES string of the molecule is Cc1cccc(C2CCCCN2OC(=O)NC(C)(C)C)c1. The highest BCUT2D eigenvalue weighted by Gasteiger charge is 2.28. The van der Waals surface area contributed by atoms with Gasteiger partial charge in [0.05, 0.1) is 6.04 Å². The Balaban J connectivity index is 2.07. The Morgan fingerprint density at radius 1 is 1.33 bits per heavy atom. The van der Waals surface area contributed by atoms with E-state index in [1.54, 1.807) is 0 Å². The second kappa shape index (κ2) is 6.48. The molecule has 0 radical (unpaired) electrons. The molecule has 0 bridgehead atoms. The molecule has 21 heavy (non-hydrogen) atoms. The zero-order valence-corrected chi connectivity index (χ0v) is 13.5. The molecule has 1 amide bonds. The van der Waals surface area contributed by atoms with Crippen LogP contribution in [0.25, 0.3) is 0 Å². The molecular weight excluding hydrogens is 264 g/mol. The molecule has 0 aliphatic carbocycles. The van der Waals surface area contributed by atoms with Crippen LogP contribution in [0.15, 0.2) is 24.3 Å². The van der Waals surface area contributed by atoms with E-state index in [1.165, 1.54) is 17.5 Å². The number of benzene rings is 1. The topological polar surface area (TPSA) is 41.6 Å². The molecule has 4 nitrogen and oxygen atoms in total. The molecule has 4 heteroatoms. The predicted octanol–water partition coefficient (Wildman–Crippen LogP) is 3.96. The highest BCUT2D eigenvalue weighted by Crippen LogP contribution is 2.31. The molecule has 1 aromatic carbocycles. The lowest BCUT2D eigenvalue weighted by molar-refractivity contribution is -0.148. The van der Waals surface area contributed by atoms with E-state index in [9.17, 15) is 4.79 Å². The summed E-state index contributed by atoms with van der Waals surface area (Å²) in [5.41, 5.74) is 2.17. The first-order chi connectivity index (χ1) is 9.85. The average Bonchev–Trinajstić information content (AvgIpc) is 2.37. The van der Waals surface area contributed by atoms with Gasteiger partial charge in [-0.1, -0.05) is 36.2 Å².